The average Bonchev–Trinajstić information content (AvgIpc) is 3.13. The van der Waals surface area contributed by atoms with Crippen molar-refractivity contribution in [3.05, 3.63) is 35.2 Å². The molecule has 0 bridgehead atoms. The molecule has 1 saturated carbocycles. The van der Waals surface area contributed by atoms with Gasteiger partial charge in [0.15, 0.2) is 5.76 Å². The van der Waals surface area contributed by atoms with Crippen LogP contribution in [0.3, 0.4) is 0 Å². The SMILES string of the molecule is NC1CCC(c2nnc(-c3cc4cc(Cl)ccc4o3)o2)CC1. The van der Waals surface area contributed by atoms with Crippen molar-refractivity contribution in [3.8, 4) is 11.7 Å². The van der Waals surface area contributed by atoms with Crippen LogP contribution in [0.2, 0.25) is 5.02 Å². The zero-order valence-corrected chi connectivity index (χ0v) is 12.7. The number of fused-ring (bicyclic) bond motifs is 1. The first-order chi connectivity index (χ1) is 10.7. The number of hydrogen-bond donors (Lipinski definition) is 1. The van der Waals surface area contributed by atoms with Crippen LogP contribution in [0, 0.1) is 0 Å². The molecule has 1 fully saturated rings. The first-order valence-electron chi connectivity index (χ1n) is 7.47. The van der Waals surface area contributed by atoms with Crippen LogP contribution in [0.25, 0.3) is 22.6 Å². The summed E-state index contributed by atoms with van der Waals surface area (Å²) in [6.07, 6.45) is 4.01. The lowest BCUT2D eigenvalue weighted by Gasteiger charge is -2.23. The van der Waals surface area contributed by atoms with Crippen LogP contribution in [0.5, 0.6) is 0 Å². The van der Waals surface area contributed by atoms with Crippen LogP contribution < -0.4 is 5.73 Å². The van der Waals surface area contributed by atoms with Crippen molar-refractivity contribution < 1.29 is 8.83 Å². The molecule has 0 atom stereocenters. The highest BCUT2D eigenvalue weighted by Crippen LogP contribution is 2.34. The lowest BCUT2D eigenvalue weighted by Crippen LogP contribution is -2.25. The number of aromatic nitrogens is 2. The van der Waals surface area contributed by atoms with Crippen molar-refractivity contribution in [1.82, 2.24) is 10.2 Å². The van der Waals surface area contributed by atoms with E-state index in [1.165, 1.54) is 0 Å². The third-order valence-corrected chi connectivity index (χ3v) is 4.49. The molecule has 6 heteroatoms. The summed E-state index contributed by atoms with van der Waals surface area (Å²) in [6.45, 7) is 0. The summed E-state index contributed by atoms with van der Waals surface area (Å²) in [5.74, 6) is 1.97. The minimum absolute atomic E-state index is 0.304. The summed E-state index contributed by atoms with van der Waals surface area (Å²) in [6, 6.07) is 7.65. The highest BCUT2D eigenvalue weighted by molar-refractivity contribution is 6.31. The third kappa shape index (κ3) is 2.51. The standard InChI is InChI=1S/C16H16ClN3O2/c17-11-3-6-13-10(7-11)8-14(21-13)16-20-19-15(22-16)9-1-4-12(18)5-2-9/h3,6-9,12H,1-2,4-5,18H2. The molecular formula is C16H16ClN3O2. The molecule has 0 saturated heterocycles. The number of halogens is 1. The number of nitrogens with two attached hydrogens (primary N) is 1. The van der Waals surface area contributed by atoms with Crippen molar-refractivity contribution in [1.29, 1.82) is 0 Å². The summed E-state index contributed by atoms with van der Waals surface area (Å²) in [7, 11) is 0. The van der Waals surface area contributed by atoms with Crippen molar-refractivity contribution in [3.63, 3.8) is 0 Å². The first kappa shape index (κ1) is 13.8. The Labute approximate surface area is 132 Å². The Morgan fingerprint density at radius 1 is 1.05 bits per heavy atom. The topological polar surface area (TPSA) is 78.1 Å². The van der Waals surface area contributed by atoms with Gasteiger partial charge in [-0.3, -0.25) is 0 Å². The van der Waals surface area contributed by atoms with Gasteiger partial charge in [-0.25, -0.2) is 0 Å². The van der Waals surface area contributed by atoms with E-state index in [2.05, 4.69) is 10.2 Å². The molecule has 0 unspecified atom stereocenters. The van der Waals surface area contributed by atoms with E-state index in [0.29, 0.717) is 34.5 Å². The van der Waals surface area contributed by atoms with Gasteiger partial charge in [0, 0.05) is 22.4 Å². The van der Waals surface area contributed by atoms with Crippen molar-refractivity contribution in [2.75, 3.05) is 0 Å². The van der Waals surface area contributed by atoms with Crippen molar-refractivity contribution in [2.24, 2.45) is 5.73 Å². The molecule has 4 rings (SSSR count). The van der Waals surface area contributed by atoms with Gasteiger partial charge in [-0.05, 0) is 49.9 Å². The number of benzene rings is 1. The number of hydrogen-bond acceptors (Lipinski definition) is 5. The van der Waals surface area contributed by atoms with Gasteiger partial charge in [-0.1, -0.05) is 11.6 Å². The highest BCUT2D eigenvalue weighted by Gasteiger charge is 2.25. The fourth-order valence-electron chi connectivity index (χ4n) is 2.98. The van der Waals surface area contributed by atoms with Crippen LogP contribution in [0.15, 0.2) is 33.1 Å². The second-order valence-electron chi connectivity index (χ2n) is 5.85. The molecular weight excluding hydrogens is 302 g/mol. The minimum Gasteiger partial charge on any atom is -0.451 e. The van der Waals surface area contributed by atoms with Gasteiger partial charge in [0.1, 0.15) is 5.58 Å². The molecule has 22 heavy (non-hydrogen) atoms. The van der Waals surface area contributed by atoms with Gasteiger partial charge in [-0.15, -0.1) is 10.2 Å². The Morgan fingerprint density at radius 3 is 2.68 bits per heavy atom. The second kappa shape index (κ2) is 5.41. The maximum atomic E-state index is 5.99. The maximum Gasteiger partial charge on any atom is 0.283 e. The minimum atomic E-state index is 0.304. The predicted octanol–water partition coefficient (Wildman–Crippen LogP) is 4.12. The van der Waals surface area contributed by atoms with E-state index >= 15 is 0 Å². The summed E-state index contributed by atoms with van der Waals surface area (Å²) >= 11 is 5.99. The monoisotopic (exact) mass is 317 g/mol. The van der Waals surface area contributed by atoms with Crippen LogP contribution >= 0.6 is 11.6 Å². The zero-order valence-electron chi connectivity index (χ0n) is 12.0. The Bertz CT molecular complexity index is 803. The quantitative estimate of drug-likeness (QED) is 0.769. The molecule has 0 radical (unpaired) electrons. The molecule has 1 aromatic carbocycles. The fraction of sp³-hybridized carbons (Fsp3) is 0.375. The normalized spacial score (nSPS) is 22.3. The van der Waals surface area contributed by atoms with E-state index in [9.17, 15) is 0 Å². The van der Waals surface area contributed by atoms with Crippen LogP contribution in [-0.2, 0) is 0 Å². The summed E-state index contributed by atoms with van der Waals surface area (Å²) < 4.78 is 11.6. The number of furan rings is 1. The Morgan fingerprint density at radius 2 is 1.86 bits per heavy atom. The van der Waals surface area contributed by atoms with Gasteiger partial charge in [0.25, 0.3) is 5.89 Å². The van der Waals surface area contributed by atoms with E-state index in [0.717, 1.165) is 36.7 Å². The Kier molecular flexibility index (Phi) is 3.39. The molecule has 1 aliphatic carbocycles. The summed E-state index contributed by atoms with van der Waals surface area (Å²) in [4.78, 5) is 0. The summed E-state index contributed by atoms with van der Waals surface area (Å²) in [5, 5.41) is 9.90. The van der Waals surface area contributed by atoms with Crippen LogP contribution in [0.1, 0.15) is 37.5 Å². The highest BCUT2D eigenvalue weighted by atomic mass is 35.5. The van der Waals surface area contributed by atoms with E-state index in [1.54, 1.807) is 6.07 Å². The second-order valence-corrected chi connectivity index (χ2v) is 6.29. The van der Waals surface area contributed by atoms with Crippen LogP contribution in [-0.4, -0.2) is 16.2 Å². The summed E-state index contributed by atoms with van der Waals surface area (Å²) in [5.41, 5.74) is 6.69. The molecule has 0 amide bonds. The van der Waals surface area contributed by atoms with Crippen molar-refractivity contribution >= 4 is 22.6 Å². The molecule has 2 heterocycles. The van der Waals surface area contributed by atoms with Gasteiger partial charge < -0.3 is 14.6 Å². The van der Waals surface area contributed by atoms with E-state index in [1.807, 2.05) is 18.2 Å². The number of rotatable bonds is 2. The lowest BCUT2D eigenvalue weighted by molar-refractivity contribution is 0.340. The van der Waals surface area contributed by atoms with Crippen molar-refractivity contribution in [2.45, 2.75) is 37.6 Å². The predicted molar refractivity (Wildman–Crippen MR) is 83.7 cm³/mol. The van der Waals surface area contributed by atoms with E-state index in [4.69, 9.17) is 26.2 Å². The maximum absolute atomic E-state index is 5.99. The molecule has 114 valence electrons. The Hall–Kier alpha value is -1.85. The van der Waals surface area contributed by atoms with Crippen LogP contribution in [0.4, 0.5) is 0 Å². The van der Waals surface area contributed by atoms with E-state index < -0.39 is 0 Å². The lowest BCUT2D eigenvalue weighted by atomic mass is 9.86. The number of nitrogens with zero attached hydrogens (tertiary/aromatic N) is 2. The van der Waals surface area contributed by atoms with Gasteiger partial charge in [0.2, 0.25) is 5.89 Å². The molecule has 1 aliphatic rings. The van der Waals surface area contributed by atoms with E-state index in [-0.39, 0.29) is 0 Å². The molecule has 2 aromatic heterocycles. The zero-order chi connectivity index (χ0) is 15.1. The largest absolute Gasteiger partial charge is 0.451 e. The van der Waals surface area contributed by atoms with Gasteiger partial charge in [-0.2, -0.15) is 0 Å². The average molecular weight is 318 g/mol. The first-order valence-corrected chi connectivity index (χ1v) is 7.85. The van der Waals surface area contributed by atoms with Gasteiger partial charge >= 0.3 is 0 Å². The molecule has 5 nitrogen and oxygen atoms in total. The molecule has 0 spiro atoms. The third-order valence-electron chi connectivity index (χ3n) is 4.25. The fourth-order valence-corrected chi connectivity index (χ4v) is 3.17. The molecule has 0 aliphatic heterocycles. The molecule has 2 N–H and O–H groups in total. The Balaban J connectivity index is 1.62. The van der Waals surface area contributed by atoms with Gasteiger partial charge in [0.05, 0.1) is 0 Å². The molecule has 3 aromatic rings. The smallest absolute Gasteiger partial charge is 0.283 e.